The predicted molar refractivity (Wildman–Crippen MR) is 77.1 cm³/mol. The molecule has 1 aromatic carbocycles. The molecule has 0 atom stereocenters. The van der Waals surface area contributed by atoms with Gasteiger partial charge in [-0.1, -0.05) is 23.8 Å². The number of aryl methyl sites for hydroxylation is 3. The van der Waals surface area contributed by atoms with Gasteiger partial charge in [-0.2, -0.15) is 0 Å². The van der Waals surface area contributed by atoms with Gasteiger partial charge in [-0.05, 0) is 43.5 Å². The number of anilines is 1. The summed E-state index contributed by atoms with van der Waals surface area (Å²) in [6.45, 7) is 4.16. The molecule has 0 aliphatic heterocycles. The van der Waals surface area contributed by atoms with Crippen LogP contribution in [0.1, 0.15) is 23.1 Å². The lowest BCUT2D eigenvalue weighted by Gasteiger charge is -2.07. The number of nitrogens with zero attached hydrogens (tertiary/aromatic N) is 1. The van der Waals surface area contributed by atoms with Crippen LogP contribution in [-0.4, -0.2) is 10.9 Å². The number of rotatable bonds is 4. The van der Waals surface area contributed by atoms with Gasteiger partial charge in [0.2, 0.25) is 5.91 Å². The van der Waals surface area contributed by atoms with Crippen LogP contribution in [0.2, 0.25) is 0 Å². The van der Waals surface area contributed by atoms with Crippen molar-refractivity contribution in [1.29, 1.82) is 0 Å². The molecule has 1 heterocycles. The molecule has 19 heavy (non-hydrogen) atoms. The molecule has 0 aliphatic rings. The molecule has 0 aliphatic carbocycles. The standard InChI is InChI=1S/C16H18N2O/c1-12-3-4-14(13(2)11-12)5-6-16(19)18-15-7-9-17-10-8-15/h3-4,7-11H,5-6H2,1-2H3,(H,17,18,19). The van der Waals surface area contributed by atoms with Gasteiger partial charge >= 0.3 is 0 Å². The van der Waals surface area contributed by atoms with E-state index in [1.807, 2.05) is 0 Å². The lowest BCUT2D eigenvalue weighted by molar-refractivity contribution is -0.116. The average Bonchev–Trinajstić information content (AvgIpc) is 2.39. The van der Waals surface area contributed by atoms with Crippen LogP contribution in [-0.2, 0) is 11.2 Å². The van der Waals surface area contributed by atoms with Crippen molar-refractivity contribution in [2.24, 2.45) is 0 Å². The Morgan fingerprint density at radius 1 is 1.16 bits per heavy atom. The van der Waals surface area contributed by atoms with Gasteiger partial charge in [-0.25, -0.2) is 0 Å². The molecule has 0 unspecified atom stereocenters. The third kappa shape index (κ3) is 3.91. The van der Waals surface area contributed by atoms with Gasteiger partial charge in [0, 0.05) is 24.5 Å². The maximum atomic E-state index is 11.8. The summed E-state index contributed by atoms with van der Waals surface area (Å²) in [7, 11) is 0. The summed E-state index contributed by atoms with van der Waals surface area (Å²) in [6, 6.07) is 9.91. The maximum Gasteiger partial charge on any atom is 0.224 e. The second-order valence-corrected chi connectivity index (χ2v) is 4.71. The van der Waals surface area contributed by atoms with Crippen molar-refractivity contribution in [2.75, 3.05) is 5.32 Å². The third-order valence-electron chi connectivity index (χ3n) is 3.08. The topological polar surface area (TPSA) is 42.0 Å². The number of pyridine rings is 1. The summed E-state index contributed by atoms with van der Waals surface area (Å²) in [6.07, 6.45) is 4.59. The fourth-order valence-electron chi connectivity index (χ4n) is 2.03. The van der Waals surface area contributed by atoms with E-state index in [1.165, 1.54) is 16.7 Å². The Morgan fingerprint density at radius 3 is 2.58 bits per heavy atom. The molecule has 2 rings (SSSR count). The highest BCUT2D eigenvalue weighted by Crippen LogP contribution is 2.13. The molecule has 0 fully saturated rings. The van der Waals surface area contributed by atoms with Crippen LogP contribution in [0.15, 0.2) is 42.7 Å². The summed E-state index contributed by atoms with van der Waals surface area (Å²) in [4.78, 5) is 15.7. The number of aromatic nitrogens is 1. The second-order valence-electron chi connectivity index (χ2n) is 4.71. The Hall–Kier alpha value is -2.16. The highest BCUT2D eigenvalue weighted by Gasteiger charge is 2.05. The minimum absolute atomic E-state index is 0.0335. The molecule has 0 spiro atoms. The lowest BCUT2D eigenvalue weighted by Crippen LogP contribution is -2.12. The Bertz CT molecular complexity index is 564. The number of hydrogen-bond donors (Lipinski definition) is 1. The van der Waals surface area contributed by atoms with E-state index in [0.29, 0.717) is 6.42 Å². The van der Waals surface area contributed by atoms with Gasteiger partial charge in [-0.3, -0.25) is 9.78 Å². The molecule has 1 N–H and O–H groups in total. The van der Waals surface area contributed by atoms with E-state index >= 15 is 0 Å². The molecular formula is C16H18N2O. The van der Waals surface area contributed by atoms with Gasteiger partial charge in [-0.15, -0.1) is 0 Å². The average molecular weight is 254 g/mol. The number of benzene rings is 1. The monoisotopic (exact) mass is 254 g/mol. The van der Waals surface area contributed by atoms with E-state index in [1.54, 1.807) is 24.5 Å². The van der Waals surface area contributed by atoms with Gasteiger partial charge in [0.15, 0.2) is 0 Å². The molecule has 1 aromatic heterocycles. The molecule has 0 saturated carbocycles. The smallest absolute Gasteiger partial charge is 0.224 e. The highest BCUT2D eigenvalue weighted by atomic mass is 16.1. The van der Waals surface area contributed by atoms with Crippen LogP contribution < -0.4 is 5.32 Å². The molecule has 0 bridgehead atoms. The van der Waals surface area contributed by atoms with E-state index in [-0.39, 0.29) is 5.91 Å². The third-order valence-corrected chi connectivity index (χ3v) is 3.08. The molecule has 3 heteroatoms. The number of amides is 1. The van der Waals surface area contributed by atoms with Crippen molar-refractivity contribution in [3.05, 3.63) is 59.4 Å². The van der Waals surface area contributed by atoms with Gasteiger partial charge in [0.25, 0.3) is 0 Å². The van der Waals surface area contributed by atoms with Crippen LogP contribution in [0.5, 0.6) is 0 Å². The number of hydrogen-bond acceptors (Lipinski definition) is 2. The Labute approximate surface area is 113 Å². The summed E-state index contributed by atoms with van der Waals surface area (Å²) in [5.74, 6) is 0.0335. The first-order valence-electron chi connectivity index (χ1n) is 6.41. The first-order valence-corrected chi connectivity index (χ1v) is 6.41. The number of carbonyl (C=O) groups is 1. The zero-order chi connectivity index (χ0) is 13.7. The van der Waals surface area contributed by atoms with Crippen LogP contribution >= 0.6 is 0 Å². The van der Waals surface area contributed by atoms with Crippen molar-refractivity contribution in [2.45, 2.75) is 26.7 Å². The van der Waals surface area contributed by atoms with Gasteiger partial charge in [0.1, 0.15) is 0 Å². The molecule has 1 amide bonds. The first-order chi connectivity index (χ1) is 9.15. The van der Waals surface area contributed by atoms with Crippen molar-refractivity contribution in [3.63, 3.8) is 0 Å². The minimum atomic E-state index is 0.0335. The fourth-order valence-corrected chi connectivity index (χ4v) is 2.03. The van der Waals surface area contributed by atoms with Crippen LogP contribution in [0, 0.1) is 13.8 Å². The van der Waals surface area contributed by atoms with E-state index in [9.17, 15) is 4.79 Å². The normalized spacial score (nSPS) is 10.2. The lowest BCUT2D eigenvalue weighted by atomic mass is 10.0. The number of carbonyl (C=O) groups excluding carboxylic acids is 1. The Morgan fingerprint density at radius 2 is 1.89 bits per heavy atom. The molecule has 98 valence electrons. The van der Waals surface area contributed by atoms with Crippen LogP contribution in [0.25, 0.3) is 0 Å². The molecular weight excluding hydrogens is 236 g/mol. The van der Waals surface area contributed by atoms with E-state index < -0.39 is 0 Å². The molecule has 0 saturated heterocycles. The summed E-state index contributed by atoms with van der Waals surface area (Å²) >= 11 is 0. The Kier molecular flexibility index (Phi) is 4.29. The zero-order valence-corrected chi connectivity index (χ0v) is 11.3. The fraction of sp³-hybridized carbons (Fsp3) is 0.250. The van der Waals surface area contributed by atoms with Gasteiger partial charge < -0.3 is 5.32 Å². The van der Waals surface area contributed by atoms with Crippen molar-refractivity contribution in [3.8, 4) is 0 Å². The van der Waals surface area contributed by atoms with Crippen LogP contribution in [0.4, 0.5) is 5.69 Å². The molecule has 0 radical (unpaired) electrons. The quantitative estimate of drug-likeness (QED) is 0.909. The van der Waals surface area contributed by atoms with E-state index in [0.717, 1.165) is 12.1 Å². The number of nitrogens with one attached hydrogen (secondary N) is 1. The highest BCUT2D eigenvalue weighted by molar-refractivity contribution is 5.90. The summed E-state index contributed by atoms with van der Waals surface area (Å²) in [5.41, 5.74) is 4.52. The zero-order valence-electron chi connectivity index (χ0n) is 11.3. The van der Waals surface area contributed by atoms with Crippen molar-refractivity contribution < 1.29 is 4.79 Å². The van der Waals surface area contributed by atoms with E-state index in [4.69, 9.17) is 0 Å². The van der Waals surface area contributed by atoms with Crippen molar-refractivity contribution >= 4 is 11.6 Å². The Balaban J connectivity index is 1.90. The molecule has 2 aromatic rings. The maximum absolute atomic E-state index is 11.8. The molecule has 3 nitrogen and oxygen atoms in total. The minimum Gasteiger partial charge on any atom is -0.326 e. The largest absolute Gasteiger partial charge is 0.326 e. The summed E-state index contributed by atoms with van der Waals surface area (Å²) < 4.78 is 0. The summed E-state index contributed by atoms with van der Waals surface area (Å²) in [5, 5.41) is 2.86. The SMILES string of the molecule is Cc1ccc(CCC(=O)Nc2ccncc2)c(C)c1. The van der Waals surface area contributed by atoms with Gasteiger partial charge in [0.05, 0.1) is 0 Å². The first kappa shape index (κ1) is 13.3. The van der Waals surface area contributed by atoms with E-state index in [2.05, 4.69) is 42.3 Å². The van der Waals surface area contributed by atoms with Crippen molar-refractivity contribution in [1.82, 2.24) is 4.98 Å². The predicted octanol–water partition coefficient (Wildman–Crippen LogP) is 3.27. The van der Waals surface area contributed by atoms with Crippen LogP contribution in [0.3, 0.4) is 0 Å². The second kappa shape index (κ2) is 6.14.